The summed E-state index contributed by atoms with van der Waals surface area (Å²) in [5.74, 6) is 0.0574. The Labute approximate surface area is 122 Å². The third-order valence-corrected chi connectivity index (χ3v) is 3.29. The number of benzene rings is 1. The maximum Gasteiger partial charge on any atom is 0.307 e. The Morgan fingerprint density at radius 3 is 2.84 bits per heavy atom. The number of carbonyl (C=O) groups is 1. The number of nitrogens with one attached hydrogen (secondary N) is 1. The van der Waals surface area contributed by atoms with E-state index >= 15 is 0 Å². The predicted molar refractivity (Wildman–Crippen MR) is 78.1 cm³/mol. The van der Waals surface area contributed by atoms with Crippen molar-refractivity contribution in [3.63, 3.8) is 0 Å². The van der Waals surface area contributed by atoms with E-state index in [-0.39, 0.29) is 17.8 Å². The lowest BCUT2D eigenvalue weighted by atomic mass is 10.0. The van der Waals surface area contributed by atoms with Crippen LogP contribution in [-0.4, -0.2) is 24.2 Å². The minimum Gasteiger partial charge on any atom is -0.508 e. The van der Waals surface area contributed by atoms with E-state index in [2.05, 4.69) is 21.2 Å². The molecule has 0 aliphatic rings. The van der Waals surface area contributed by atoms with Gasteiger partial charge in [-0.1, -0.05) is 22.9 Å². The molecule has 1 unspecified atom stereocenters. The molecule has 1 atom stereocenters. The molecular formula is C14H20BrNO3. The third-order valence-electron chi connectivity index (χ3n) is 2.80. The van der Waals surface area contributed by atoms with E-state index in [4.69, 9.17) is 4.74 Å². The van der Waals surface area contributed by atoms with Crippen LogP contribution in [0.2, 0.25) is 0 Å². The molecule has 1 rings (SSSR count). The van der Waals surface area contributed by atoms with Gasteiger partial charge in [0.2, 0.25) is 0 Å². The first-order chi connectivity index (χ1) is 9.08. The maximum absolute atomic E-state index is 11.3. The number of hydrogen-bond acceptors (Lipinski definition) is 4. The molecule has 0 spiro atoms. The Balaban J connectivity index is 2.58. The second-order valence-electron chi connectivity index (χ2n) is 4.17. The smallest absolute Gasteiger partial charge is 0.307 e. The second kappa shape index (κ2) is 8.17. The van der Waals surface area contributed by atoms with Crippen LogP contribution in [0.15, 0.2) is 22.7 Å². The van der Waals surface area contributed by atoms with Crippen molar-refractivity contribution >= 4 is 21.9 Å². The first kappa shape index (κ1) is 16.0. The van der Waals surface area contributed by atoms with Gasteiger partial charge in [0, 0.05) is 22.6 Å². The van der Waals surface area contributed by atoms with E-state index in [1.54, 1.807) is 19.1 Å². The maximum atomic E-state index is 11.3. The fourth-order valence-corrected chi connectivity index (χ4v) is 2.24. The fraction of sp³-hybridized carbons (Fsp3) is 0.500. The predicted octanol–water partition coefficient (Wildman–Crippen LogP) is 3.15. The summed E-state index contributed by atoms with van der Waals surface area (Å²) in [6.07, 6.45) is 1.16. The van der Waals surface area contributed by atoms with Crippen molar-refractivity contribution in [2.45, 2.75) is 32.7 Å². The van der Waals surface area contributed by atoms with Crippen molar-refractivity contribution in [3.05, 3.63) is 28.2 Å². The van der Waals surface area contributed by atoms with Crippen molar-refractivity contribution in [1.29, 1.82) is 0 Å². The van der Waals surface area contributed by atoms with Gasteiger partial charge in [-0.3, -0.25) is 4.79 Å². The average molecular weight is 330 g/mol. The molecule has 19 heavy (non-hydrogen) atoms. The summed E-state index contributed by atoms with van der Waals surface area (Å²) < 4.78 is 5.79. The molecule has 5 heteroatoms. The number of phenolic OH excluding ortho intramolecular Hbond substituents is 1. The first-order valence-corrected chi connectivity index (χ1v) is 7.25. The van der Waals surface area contributed by atoms with E-state index in [0.717, 1.165) is 16.5 Å². The minimum atomic E-state index is -0.205. The zero-order valence-electron chi connectivity index (χ0n) is 11.3. The Kier molecular flexibility index (Phi) is 6.87. The van der Waals surface area contributed by atoms with Gasteiger partial charge in [0.1, 0.15) is 5.75 Å². The van der Waals surface area contributed by atoms with Crippen LogP contribution in [0.3, 0.4) is 0 Å². The van der Waals surface area contributed by atoms with Crippen LogP contribution in [0.4, 0.5) is 0 Å². The molecule has 0 saturated carbocycles. The Morgan fingerprint density at radius 1 is 1.47 bits per heavy atom. The molecule has 0 saturated heterocycles. The Morgan fingerprint density at radius 2 is 2.21 bits per heavy atom. The zero-order chi connectivity index (χ0) is 14.3. The van der Waals surface area contributed by atoms with E-state index in [1.165, 1.54) is 0 Å². The number of aromatic hydroxyl groups is 1. The SMILES string of the molecule is CCOC(=O)CCNC(CC)c1cc(Br)ccc1O. The van der Waals surface area contributed by atoms with Crippen molar-refractivity contribution < 1.29 is 14.6 Å². The molecule has 0 aliphatic carbocycles. The molecule has 0 amide bonds. The fourth-order valence-electron chi connectivity index (χ4n) is 1.86. The quantitative estimate of drug-likeness (QED) is 0.754. The highest BCUT2D eigenvalue weighted by Gasteiger charge is 2.14. The molecule has 0 radical (unpaired) electrons. The molecule has 0 fully saturated rings. The van der Waals surface area contributed by atoms with Gasteiger partial charge in [-0.05, 0) is 31.5 Å². The highest BCUT2D eigenvalue weighted by atomic mass is 79.9. The van der Waals surface area contributed by atoms with Crippen LogP contribution in [0.25, 0.3) is 0 Å². The highest BCUT2D eigenvalue weighted by molar-refractivity contribution is 9.10. The summed E-state index contributed by atoms with van der Waals surface area (Å²) in [7, 11) is 0. The number of carbonyl (C=O) groups excluding carboxylic acids is 1. The van der Waals surface area contributed by atoms with Gasteiger partial charge in [0.05, 0.1) is 13.0 Å². The normalized spacial score (nSPS) is 12.2. The summed E-state index contributed by atoms with van der Waals surface area (Å²) in [6, 6.07) is 5.37. The molecule has 0 aromatic heterocycles. The van der Waals surface area contributed by atoms with Crippen LogP contribution in [0, 0.1) is 0 Å². The molecule has 1 aromatic carbocycles. The van der Waals surface area contributed by atoms with Gasteiger partial charge in [-0.25, -0.2) is 0 Å². The van der Waals surface area contributed by atoms with Crippen molar-refractivity contribution in [2.24, 2.45) is 0 Å². The Hall–Kier alpha value is -1.07. The molecule has 0 heterocycles. The van der Waals surface area contributed by atoms with Gasteiger partial charge >= 0.3 is 5.97 Å². The molecule has 0 bridgehead atoms. The van der Waals surface area contributed by atoms with Gasteiger partial charge in [0.15, 0.2) is 0 Å². The van der Waals surface area contributed by atoms with Crippen molar-refractivity contribution in [3.8, 4) is 5.75 Å². The first-order valence-electron chi connectivity index (χ1n) is 6.45. The Bertz CT molecular complexity index is 423. The lowest BCUT2D eigenvalue weighted by Crippen LogP contribution is -2.24. The summed E-state index contributed by atoms with van der Waals surface area (Å²) in [5, 5.41) is 13.1. The van der Waals surface area contributed by atoms with Crippen LogP contribution < -0.4 is 5.32 Å². The number of hydrogen-bond donors (Lipinski definition) is 2. The lowest BCUT2D eigenvalue weighted by Gasteiger charge is -2.18. The van der Waals surface area contributed by atoms with E-state index in [0.29, 0.717) is 19.6 Å². The van der Waals surface area contributed by atoms with Crippen LogP contribution in [0.5, 0.6) is 5.75 Å². The van der Waals surface area contributed by atoms with Crippen molar-refractivity contribution in [1.82, 2.24) is 5.32 Å². The van der Waals surface area contributed by atoms with Gasteiger partial charge in [-0.15, -0.1) is 0 Å². The van der Waals surface area contributed by atoms with Crippen LogP contribution >= 0.6 is 15.9 Å². The lowest BCUT2D eigenvalue weighted by molar-refractivity contribution is -0.143. The number of rotatable bonds is 7. The van der Waals surface area contributed by atoms with Gasteiger partial charge in [0.25, 0.3) is 0 Å². The van der Waals surface area contributed by atoms with E-state index < -0.39 is 0 Å². The van der Waals surface area contributed by atoms with Crippen LogP contribution in [0.1, 0.15) is 38.3 Å². The highest BCUT2D eigenvalue weighted by Crippen LogP contribution is 2.29. The molecule has 106 valence electrons. The monoisotopic (exact) mass is 329 g/mol. The van der Waals surface area contributed by atoms with Gasteiger partial charge in [-0.2, -0.15) is 0 Å². The topological polar surface area (TPSA) is 58.6 Å². The molecule has 4 nitrogen and oxygen atoms in total. The largest absolute Gasteiger partial charge is 0.508 e. The van der Waals surface area contributed by atoms with E-state index in [9.17, 15) is 9.90 Å². The molecule has 0 aliphatic heterocycles. The average Bonchev–Trinajstić information content (AvgIpc) is 2.38. The second-order valence-corrected chi connectivity index (χ2v) is 5.09. The summed E-state index contributed by atoms with van der Waals surface area (Å²) in [6.45, 7) is 4.76. The van der Waals surface area contributed by atoms with Crippen LogP contribution in [-0.2, 0) is 9.53 Å². The summed E-state index contributed by atoms with van der Waals surface area (Å²) in [4.78, 5) is 11.3. The number of phenols is 1. The third kappa shape index (κ3) is 5.20. The summed E-state index contributed by atoms with van der Waals surface area (Å²) in [5.41, 5.74) is 0.834. The van der Waals surface area contributed by atoms with Crippen molar-refractivity contribution in [2.75, 3.05) is 13.2 Å². The summed E-state index contributed by atoms with van der Waals surface area (Å²) >= 11 is 3.39. The zero-order valence-corrected chi connectivity index (χ0v) is 12.9. The molecular weight excluding hydrogens is 310 g/mol. The van der Waals surface area contributed by atoms with Gasteiger partial charge < -0.3 is 15.2 Å². The standard InChI is InChI=1S/C14H20BrNO3/c1-3-12(16-8-7-14(18)19-4-2)11-9-10(15)5-6-13(11)17/h5-6,9,12,16-17H,3-4,7-8H2,1-2H3. The minimum absolute atomic E-state index is 0.0203. The number of ether oxygens (including phenoxy) is 1. The molecule has 1 aromatic rings. The van der Waals surface area contributed by atoms with E-state index in [1.807, 2.05) is 13.0 Å². The molecule has 2 N–H and O–H groups in total. The number of esters is 1. The number of halogens is 1.